The number of ether oxygens (including phenoxy) is 3. The summed E-state index contributed by atoms with van der Waals surface area (Å²) in [6.07, 6.45) is 0.763. The Bertz CT molecular complexity index is 2360. The lowest BCUT2D eigenvalue weighted by Crippen LogP contribution is -2.57. The summed E-state index contributed by atoms with van der Waals surface area (Å²) >= 11 is 0. The normalized spacial score (nSPS) is 16.0. The SMILES string of the molecule is Cc1ccc(COc2nc(NC(=O)C(C)C)nc3c2ncn3C2CN(C(c3ccccc3)(c3ccccc3)c3ccccc3)C[C@@H](COc3ccccc3)O2)cc1C. The van der Waals surface area contributed by atoms with E-state index in [0.717, 1.165) is 28.0 Å². The Morgan fingerprint density at radius 1 is 0.776 bits per heavy atom. The van der Waals surface area contributed by atoms with E-state index in [4.69, 9.17) is 24.2 Å². The number of aromatic nitrogens is 4. The number of amides is 1. The molecule has 0 saturated carbocycles. The third-order valence-electron chi connectivity index (χ3n) is 10.8. The molecule has 1 aliphatic heterocycles. The summed E-state index contributed by atoms with van der Waals surface area (Å²) in [6.45, 7) is 9.38. The van der Waals surface area contributed by atoms with Gasteiger partial charge in [0.05, 0.1) is 11.9 Å². The zero-order chi connectivity index (χ0) is 40.1. The lowest BCUT2D eigenvalue weighted by Gasteiger charge is -2.50. The van der Waals surface area contributed by atoms with E-state index in [1.807, 2.05) is 54.8 Å². The van der Waals surface area contributed by atoms with Crippen molar-refractivity contribution in [1.82, 2.24) is 24.4 Å². The zero-order valence-electron chi connectivity index (χ0n) is 33.3. The predicted octanol–water partition coefficient (Wildman–Crippen LogP) is 8.89. The molecule has 1 aliphatic rings. The van der Waals surface area contributed by atoms with Crippen LogP contribution in [0.5, 0.6) is 11.6 Å². The summed E-state index contributed by atoms with van der Waals surface area (Å²) in [6, 6.07) is 47.9. The topological polar surface area (TPSA) is 104 Å². The minimum atomic E-state index is -0.723. The van der Waals surface area contributed by atoms with Crippen molar-refractivity contribution in [3.8, 4) is 11.6 Å². The number of fused-ring (bicyclic) bond motifs is 1. The summed E-state index contributed by atoms with van der Waals surface area (Å²) in [5.41, 5.74) is 6.94. The fourth-order valence-corrected chi connectivity index (χ4v) is 7.69. The summed E-state index contributed by atoms with van der Waals surface area (Å²) in [7, 11) is 0. The maximum atomic E-state index is 13.0. The number of morpholine rings is 1. The lowest BCUT2D eigenvalue weighted by atomic mass is 9.75. The number of rotatable bonds is 13. The fraction of sp³-hybridized carbons (Fsp3) is 0.250. The van der Waals surface area contributed by atoms with Gasteiger partial charge in [0, 0.05) is 19.0 Å². The number of hydrogen-bond donors (Lipinski definition) is 1. The van der Waals surface area contributed by atoms with E-state index in [-0.39, 0.29) is 36.4 Å². The Morgan fingerprint density at radius 3 is 1.97 bits per heavy atom. The molecule has 1 saturated heterocycles. The molecule has 0 spiro atoms. The number of anilines is 1. The first kappa shape index (κ1) is 38.5. The molecule has 8 rings (SSSR count). The largest absolute Gasteiger partial charge is 0.491 e. The number of benzene rings is 5. The molecule has 1 fully saturated rings. The monoisotopic (exact) mass is 772 g/mol. The van der Waals surface area contributed by atoms with Gasteiger partial charge in [-0.3, -0.25) is 19.6 Å². The maximum absolute atomic E-state index is 13.0. The van der Waals surface area contributed by atoms with Gasteiger partial charge in [-0.05, 0) is 59.4 Å². The number of nitrogens with zero attached hydrogens (tertiary/aromatic N) is 5. The number of hydrogen-bond acceptors (Lipinski definition) is 8. The van der Waals surface area contributed by atoms with Gasteiger partial charge in [0.1, 0.15) is 31.3 Å². The second-order valence-corrected chi connectivity index (χ2v) is 15.1. The third-order valence-corrected chi connectivity index (χ3v) is 10.8. The van der Waals surface area contributed by atoms with Gasteiger partial charge in [-0.25, -0.2) is 4.98 Å². The van der Waals surface area contributed by atoms with Crippen LogP contribution < -0.4 is 14.8 Å². The van der Waals surface area contributed by atoms with Crippen LogP contribution in [0.15, 0.2) is 146 Å². The Morgan fingerprint density at radius 2 is 1.38 bits per heavy atom. The van der Waals surface area contributed by atoms with Gasteiger partial charge in [0.15, 0.2) is 11.2 Å². The minimum Gasteiger partial charge on any atom is -0.491 e. The number of carbonyl (C=O) groups excluding carboxylic acids is 1. The van der Waals surface area contributed by atoms with E-state index in [2.05, 4.69) is 132 Å². The highest BCUT2D eigenvalue weighted by Gasteiger charge is 2.46. The van der Waals surface area contributed by atoms with Crippen LogP contribution in [0.25, 0.3) is 11.2 Å². The Balaban J connectivity index is 1.25. The lowest BCUT2D eigenvalue weighted by molar-refractivity contribution is -0.145. The van der Waals surface area contributed by atoms with E-state index < -0.39 is 11.8 Å². The summed E-state index contributed by atoms with van der Waals surface area (Å²) in [5.74, 6) is 0.669. The number of imidazole rings is 1. The molecule has 0 radical (unpaired) electrons. The summed E-state index contributed by atoms with van der Waals surface area (Å²) in [5, 5.41) is 2.90. The second kappa shape index (κ2) is 17.0. The van der Waals surface area contributed by atoms with Crippen molar-refractivity contribution in [2.45, 2.75) is 52.2 Å². The number of nitrogens with one attached hydrogen (secondary N) is 1. The van der Waals surface area contributed by atoms with E-state index in [9.17, 15) is 4.79 Å². The van der Waals surface area contributed by atoms with Crippen molar-refractivity contribution in [3.05, 3.63) is 179 Å². The minimum absolute atomic E-state index is 0.131. The van der Waals surface area contributed by atoms with Gasteiger partial charge in [0.25, 0.3) is 0 Å². The average molecular weight is 773 g/mol. The van der Waals surface area contributed by atoms with Crippen LogP contribution in [0.1, 0.15) is 53.5 Å². The second-order valence-electron chi connectivity index (χ2n) is 15.1. The highest BCUT2D eigenvalue weighted by atomic mass is 16.6. The van der Waals surface area contributed by atoms with Crippen molar-refractivity contribution in [3.63, 3.8) is 0 Å². The van der Waals surface area contributed by atoms with Crippen LogP contribution >= 0.6 is 0 Å². The molecule has 1 N–H and O–H groups in total. The van der Waals surface area contributed by atoms with E-state index in [0.29, 0.717) is 30.9 Å². The highest BCUT2D eigenvalue weighted by molar-refractivity contribution is 5.91. The van der Waals surface area contributed by atoms with Crippen molar-refractivity contribution >= 4 is 23.0 Å². The van der Waals surface area contributed by atoms with Crippen LogP contribution in [0.2, 0.25) is 0 Å². The smallest absolute Gasteiger partial charge is 0.247 e. The van der Waals surface area contributed by atoms with E-state index in [1.54, 1.807) is 6.33 Å². The van der Waals surface area contributed by atoms with Crippen molar-refractivity contribution in [2.75, 3.05) is 25.0 Å². The van der Waals surface area contributed by atoms with Crippen LogP contribution in [0, 0.1) is 19.8 Å². The molecular weight excluding hydrogens is 725 g/mol. The maximum Gasteiger partial charge on any atom is 0.247 e. The van der Waals surface area contributed by atoms with Gasteiger partial charge < -0.3 is 14.2 Å². The molecule has 1 amide bonds. The van der Waals surface area contributed by atoms with Gasteiger partial charge in [-0.15, -0.1) is 0 Å². The molecule has 58 heavy (non-hydrogen) atoms. The molecule has 5 aromatic carbocycles. The standard InChI is InChI=1S/C48H48N6O4/c1-33(2)45(55)51-47-50-44-43(46(52-47)57-30-36-26-25-34(3)35(4)27-36)49-32-54(44)42-29-53(28-41(58-42)31-56-40-23-15-8-16-24-40)48(37-17-9-5-10-18-37,38-19-11-6-12-20-38)39-21-13-7-14-22-39/h5-27,32-33,41-42H,28-31H2,1-4H3,(H,50,51,52,55)/t41-,42?/m0/s1. The Hall–Kier alpha value is -6.36. The summed E-state index contributed by atoms with van der Waals surface area (Å²) in [4.78, 5) is 29.9. The van der Waals surface area contributed by atoms with Crippen LogP contribution in [-0.2, 0) is 21.7 Å². The van der Waals surface area contributed by atoms with Gasteiger partial charge in [0.2, 0.25) is 17.7 Å². The summed E-state index contributed by atoms with van der Waals surface area (Å²) < 4.78 is 21.7. The third kappa shape index (κ3) is 7.94. The van der Waals surface area contributed by atoms with Gasteiger partial charge in [-0.1, -0.05) is 141 Å². The van der Waals surface area contributed by atoms with Crippen molar-refractivity contribution in [2.24, 2.45) is 5.92 Å². The predicted molar refractivity (Wildman–Crippen MR) is 226 cm³/mol. The van der Waals surface area contributed by atoms with E-state index >= 15 is 0 Å². The molecular formula is C48H48N6O4. The molecule has 2 aromatic heterocycles. The molecule has 2 atom stereocenters. The van der Waals surface area contributed by atoms with Gasteiger partial charge in [-0.2, -0.15) is 9.97 Å². The Kier molecular flexibility index (Phi) is 11.3. The molecule has 1 unspecified atom stereocenters. The van der Waals surface area contributed by atoms with Crippen molar-refractivity contribution in [1.29, 1.82) is 0 Å². The molecule has 3 heterocycles. The quantitative estimate of drug-likeness (QED) is 0.116. The van der Waals surface area contributed by atoms with E-state index in [1.165, 1.54) is 11.1 Å². The fourth-order valence-electron chi connectivity index (χ4n) is 7.69. The van der Waals surface area contributed by atoms with Crippen LogP contribution in [0.4, 0.5) is 5.95 Å². The number of para-hydroxylation sites is 1. The number of carbonyl (C=O) groups is 1. The molecule has 7 aromatic rings. The molecule has 0 bridgehead atoms. The highest BCUT2D eigenvalue weighted by Crippen LogP contribution is 2.45. The molecule has 10 nitrogen and oxygen atoms in total. The average Bonchev–Trinajstić information content (AvgIpc) is 3.69. The number of aryl methyl sites for hydroxylation is 2. The van der Waals surface area contributed by atoms with Gasteiger partial charge >= 0.3 is 0 Å². The molecule has 10 heteroatoms. The van der Waals surface area contributed by atoms with Crippen molar-refractivity contribution < 1.29 is 19.0 Å². The molecule has 294 valence electrons. The Labute approximate surface area is 339 Å². The first-order chi connectivity index (χ1) is 28.3. The molecule has 0 aliphatic carbocycles. The first-order valence-corrected chi connectivity index (χ1v) is 19.8. The zero-order valence-corrected chi connectivity index (χ0v) is 33.3. The van der Waals surface area contributed by atoms with Crippen LogP contribution in [-0.4, -0.2) is 56.1 Å². The van der Waals surface area contributed by atoms with Crippen LogP contribution in [0.3, 0.4) is 0 Å². The first-order valence-electron chi connectivity index (χ1n) is 19.8.